The van der Waals surface area contributed by atoms with Gasteiger partial charge in [-0.1, -0.05) is 0 Å². The zero-order valence-electron chi connectivity index (χ0n) is 16.6. The van der Waals surface area contributed by atoms with Gasteiger partial charge in [0.1, 0.15) is 0 Å². The highest BCUT2D eigenvalue weighted by Gasteiger charge is 2.32. The number of carbonyl (C=O) groups is 1. The van der Waals surface area contributed by atoms with Gasteiger partial charge in [-0.3, -0.25) is 0 Å². The van der Waals surface area contributed by atoms with E-state index in [1.54, 1.807) is 14.2 Å². The first-order valence-corrected chi connectivity index (χ1v) is 9.49. The number of hydrogen-bond donors (Lipinski definition) is 0. The molecule has 8 nitrogen and oxygen atoms in total. The van der Waals surface area contributed by atoms with Crippen LogP contribution in [0.25, 0.3) is 6.08 Å². The van der Waals surface area contributed by atoms with Crippen molar-refractivity contribution in [3.05, 3.63) is 41.0 Å². The smallest absolute Gasteiger partial charge is 0.334 e. The SMILES string of the molecule is COc1cc(/C=C2/C(=O)OC[C@@H]2Cc2cc(OC)c3c(c2)OCO3)cc2c1OCO2. The van der Waals surface area contributed by atoms with E-state index in [9.17, 15) is 4.79 Å². The van der Waals surface area contributed by atoms with Gasteiger partial charge in [0.15, 0.2) is 23.0 Å². The molecule has 1 fully saturated rings. The highest BCUT2D eigenvalue weighted by atomic mass is 16.7. The van der Waals surface area contributed by atoms with Gasteiger partial charge >= 0.3 is 5.97 Å². The maximum Gasteiger partial charge on any atom is 0.334 e. The van der Waals surface area contributed by atoms with Crippen molar-refractivity contribution in [3.63, 3.8) is 0 Å². The van der Waals surface area contributed by atoms with Crippen molar-refractivity contribution in [2.75, 3.05) is 34.4 Å². The number of esters is 1. The van der Waals surface area contributed by atoms with E-state index in [-0.39, 0.29) is 25.5 Å². The lowest BCUT2D eigenvalue weighted by Gasteiger charge is -2.12. The molecule has 0 amide bonds. The largest absolute Gasteiger partial charge is 0.493 e. The van der Waals surface area contributed by atoms with Crippen LogP contribution in [0, 0.1) is 5.92 Å². The summed E-state index contributed by atoms with van der Waals surface area (Å²) < 4.78 is 38.0. The van der Waals surface area contributed by atoms with Crippen molar-refractivity contribution in [2.45, 2.75) is 6.42 Å². The highest BCUT2D eigenvalue weighted by molar-refractivity contribution is 5.96. The Kier molecular flexibility index (Phi) is 4.54. The third-order valence-corrected chi connectivity index (χ3v) is 5.29. The van der Waals surface area contributed by atoms with Crippen LogP contribution in [-0.4, -0.2) is 40.4 Å². The maximum absolute atomic E-state index is 12.4. The molecule has 3 aliphatic heterocycles. The lowest BCUT2D eigenvalue weighted by Crippen LogP contribution is -2.08. The Morgan fingerprint density at radius 3 is 2.27 bits per heavy atom. The lowest BCUT2D eigenvalue weighted by molar-refractivity contribution is -0.135. The minimum absolute atomic E-state index is 0.112. The minimum Gasteiger partial charge on any atom is -0.493 e. The molecule has 0 spiro atoms. The van der Waals surface area contributed by atoms with Gasteiger partial charge in [-0.15, -0.1) is 0 Å². The second-order valence-electron chi connectivity index (χ2n) is 7.09. The molecule has 3 heterocycles. The van der Waals surface area contributed by atoms with Gasteiger partial charge in [0.05, 0.1) is 20.8 Å². The summed E-state index contributed by atoms with van der Waals surface area (Å²) in [5, 5.41) is 0. The predicted molar refractivity (Wildman–Crippen MR) is 104 cm³/mol. The van der Waals surface area contributed by atoms with Crippen LogP contribution in [-0.2, 0) is 16.0 Å². The average Bonchev–Trinajstić information content (AvgIpc) is 3.49. The summed E-state index contributed by atoms with van der Waals surface area (Å²) in [6, 6.07) is 7.45. The van der Waals surface area contributed by atoms with E-state index in [0.717, 1.165) is 11.1 Å². The Morgan fingerprint density at radius 1 is 0.900 bits per heavy atom. The molecule has 2 aromatic rings. The van der Waals surface area contributed by atoms with Crippen molar-refractivity contribution >= 4 is 12.0 Å². The Bertz CT molecular complexity index is 1040. The van der Waals surface area contributed by atoms with Crippen LogP contribution in [0.2, 0.25) is 0 Å². The maximum atomic E-state index is 12.4. The van der Waals surface area contributed by atoms with Crippen LogP contribution >= 0.6 is 0 Å². The summed E-state index contributed by atoms with van der Waals surface area (Å²) in [6.07, 6.45) is 2.40. The number of hydrogen-bond acceptors (Lipinski definition) is 8. The number of ether oxygens (including phenoxy) is 7. The molecular formula is C22H20O8. The fourth-order valence-electron chi connectivity index (χ4n) is 3.86. The summed E-state index contributed by atoms with van der Waals surface area (Å²) in [5.41, 5.74) is 2.33. The molecule has 0 bridgehead atoms. The first-order valence-electron chi connectivity index (χ1n) is 9.49. The van der Waals surface area contributed by atoms with Crippen molar-refractivity contribution in [1.29, 1.82) is 0 Å². The molecule has 30 heavy (non-hydrogen) atoms. The molecule has 0 saturated carbocycles. The average molecular weight is 412 g/mol. The van der Waals surface area contributed by atoms with Gasteiger partial charge in [0.25, 0.3) is 0 Å². The molecule has 3 aliphatic rings. The van der Waals surface area contributed by atoms with E-state index in [0.29, 0.717) is 53.1 Å². The molecule has 2 aromatic carbocycles. The van der Waals surface area contributed by atoms with Gasteiger partial charge < -0.3 is 33.2 Å². The molecule has 0 radical (unpaired) electrons. The summed E-state index contributed by atoms with van der Waals surface area (Å²) in [5.74, 6) is 3.12. The van der Waals surface area contributed by atoms with Crippen LogP contribution < -0.4 is 28.4 Å². The Labute approximate surface area is 172 Å². The Morgan fingerprint density at radius 2 is 1.57 bits per heavy atom. The summed E-state index contributed by atoms with van der Waals surface area (Å²) in [7, 11) is 3.15. The second kappa shape index (κ2) is 7.37. The molecule has 0 aliphatic carbocycles. The van der Waals surface area contributed by atoms with Crippen molar-refractivity contribution in [2.24, 2.45) is 5.92 Å². The third-order valence-electron chi connectivity index (χ3n) is 5.29. The van der Waals surface area contributed by atoms with E-state index in [1.807, 2.05) is 30.3 Å². The molecule has 1 atom stereocenters. The fraction of sp³-hybridized carbons (Fsp3) is 0.318. The van der Waals surface area contributed by atoms with E-state index in [1.165, 1.54) is 0 Å². The first-order chi connectivity index (χ1) is 14.7. The number of methoxy groups -OCH3 is 2. The lowest BCUT2D eigenvalue weighted by atomic mass is 9.92. The van der Waals surface area contributed by atoms with Crippen molar-refractivity contribution in [3.8, 4) is 34.5 Å². The van der Waals surface area contributed by atoms with Gasteiger partial charge in [-0.05, 0) is 47.9 Å². The Balaban J connectivity index is 1.45. The molecule has 156 valence electrons. The number of rotatable bonds is 5. The highest BCUT2D eigenvalue weighted by Crippen LogP contribution is 2.44. The zero-order chi connectivity index (χ0) is 20.7. The molecule has 0 N–H and O–H groups in total. The third kappa shape index (κ3) is 3.14. The van der Waals surface area contributed by atoms with E-state index < -0.39 is 0 Å². The van der Waals surface area contributed by atoms with Crippen LogP contribution in [0.3, 0.4) is 0 Å². The van der Waals surface area contributed by atoms with Crippen LogP contribution in [0.1, 0.15) is 11.1 Å². The first kappa shape index (κ1) is 18.5. The second-order valence-corrected chi connectivity index (χ2v) is 7.09. The summed E-state index contributed by atoms with van der Waals surface area (Å²) in [6.45, 7) is 0.614. The van der Waals surface area contributed by atoms with Gasteiger partial charge in [-0.2, -0.15) is 0 Å². The molecule has 5 rings (SSSR count). The van der Waals surface area contributed by atoms with E-state index in [2.05, 4.69) is 0 Å². The van der Waals surface area contributed by atoms with E-state index in [4.69, 9.17) is 33.2 Å². The van der Waals surface area contributed by atoms with Crippen LogP contribution in [0.4, 0.5) is 0 Å². The molecular weight excluding hydrogens is 392 g/mol. The topological polar surface area (TPSA) is 81.7 Å². The molecule has 0 aromatic heterocycles. The monoisotopic (exact) mass is 412 g/mol. The Hall–Kier alpha value is -3.55. The molecule has 1 saturated heterocycles. The quantitative estimate of drug-likeness (QED) is 0.548. The number of cyclic esters (lactones) is 1. The number of benzene rings is 2. The van der Waals surface area contributed by atoms with Gasteiger partial charge in [0, 0.05) is 11.5 Å². The summed E-state index contributed by atoms with van der Waals surface area (Å²) in [4.78, 5) is 12.4. The number of fused-ring (bicyclic) bond motifs is 2. The number of carbonyl (C=O) groups excluding carboxylic acids is 1. The van der Waals surface area contributed by atoms with Crippen LogP contribution in [0.15, 0.2) is 29.8 Å². The fourth-order valence-corrected chi connectivity index (χ4v) is 3.86. The molecule has 8 heteroatoms. The van der Waals surface area contributed by atoms with Crippen LogP contribution in [0.5, 0.6) is 34.5 Å². The standard InChI is InChI=1S/C22H20O8/c1-24-16-5-12(7-18-20(16)29-10-27-18)3-14-9-26-22(23)15(14)4-13-6-17(25-2)21-19(8-13)28-11-30-21/h4-8,14H,3,9-11H2,1-2H3/b15-4+/t14-/m0/s1. The van der Waals surface area contributed by atoms with Crippen molar-refractivity contribution in [1.82, 2.24) is 0 Å². The normalized spacial score (nSPS) is 19.9. The van der Waals surface area contributed by atoms with Crippen molar-refractivity contribution < 1.29 is 38.0 Å². The predicted octanol–water partition coefficient (Wildman–Crippen LogP) is 2.96. The zero-order valence-corrected chi connectivity index (χ0v) is 16.6. The summed E-state index contributed by atoms with van der Waals surface area (Å²) >= 11 is 0. The van der Waals surface area contributed by atoms with E-state index >= 15 is 0 Å². The molecule has 0 unspecified atom stereocenters. The minimum atomic E-state index is -0.329. The van der Waals surface area contributed by atoms with Gasteiger partial charge in [-0.25, -0.2) is 4.79 Å². The van der Waals surface area contributed by atoms with Gasteiger partial charge in [0.2, 0.25) is 25.1 Å².